The Morgan fingerprint density at radius 1 is 0.565 bits per heavy atom. The molecule has 0 amide bonds. The number of rotatable bonds is 0. The van der Waals surface area contributed by atoms with Gasteiger partial charge in [-0.3, -0.25) is 9.97 Å². The predicted molar refractivity (Wildman–Crippen MR) is 88.1 cm³/mol. The van der Waals surface area contributed by atoms with Crippen molar-refractivity contribution in [3.63, 3.8) is 0 Å². The molecule has 0 aliphatic carbocycles. The maximum atomic E-state index is 11.1. The summed E-state index contributed by atoms with van der Waals surface area (Å²) in [6, 6.07) is 17.7. The topological polar surface area (TPSA) is 71.9 Å². The number of aromatic nitrogens is 2. The summed E-state index contributed by atoms with van der Waals surface area (Å²) in [5.74, 6) is -0.0220. The predicted octanol–water partition coefficient (Wildman–Crippen LogP) is 2.24. The monoisotopic (exact) mass is 312 g/mol. The average Bonchev–Trinajstić information content (AvgIpc) is 2.57. The quantitative estimate of drug-likeness (QED) is 0.467. The summed E-state index contributed by atoms with van der Waals surface area (Å²) in [5, 5.41) is 24.0. The van der Waals surface area contributed by atoms with Crippen molar-refractivity contribution in [3.05, 3.63) is 73.1 Å². The van der Waals surface area contributed by atoms with Crippen LogP contribution in [0.15, 0.2) is 73.1 Å². The Labute approximate surface area is 149 Å². The number of fused-ring (bicyclic) bond motifs is 2. The Kier molecular flexibility index (Phi) is 5.73. The molecule has 23 heavy (non-hydrogen) atoms. The minimum absolute atomic E-state index is 0. The third-order valence-electron chi connectivity index (χ3n) is 3.19. The molecule has 0 fully saturated rings. The molecule has 0 saturated carbocycles. The van der Waals surface area contributed by atoms with E-state index in [1.807, 2.05) is 36.4 Å². The Morgan fingerprint density at radius 2 is 0.957 bits per heavy atom. The van der Waals surface area contributed by atoms with Gasteiger partial charge in [0.1, 0.15) is 0 Å². The van der Waals surface area contributed by atoms with Crippen LogP contribution in [0.4, 0.5) is 0 Å². The zero-order valence-corrected chi connectivity index (χ0v) is 13.8. The first-order valence-electron chi connectivity index (χ1n) is 6.77. The number of para-hydroxylation sites is 2. The molecule has 2 heterocycles. The third kappa shape index (κ3) is 3.88. The number of nitrogens with zero attached hydrogens (tertiary/aromatic N) is 2. The van der Waals surface area contributed by atoms with Gasteiger partial charge in [-0.15, -0.1) is 0 Å². The van der Waals surface area contributed by atoms with Crippen LogP contribution in [0.25, 0.3) is 21.8 Å². The molecule has 0 bridgehead atoms. The minimum atomic E-state index is -0.0110. The Balaban J connectivity index is 0.000000160. The molecule has 4 rings (SSSR count). The first kappa shape index (κ1) is 17.0. The van der Waals surface area contributed by atoms with Crippen LogP contribution in [0, 0.1) is 0 Å². The average molecular weight is 313 g/mol. The van der Waals surface area contributed by atoms with Crippen molar-refractivity contribution in [1.29, 1.82) is 0 Å². The minimum Gasteiger partial charge on any atom is -0.871 e. The number of benzene rings is 2. The first-order valence-corrected chi connectivity index (χ1v) is 6.77. The molecule has 0 aliphatic rings. The van der Waals surface area contributed by atoms with Gasteiger partial charge in [-0.1, -0.05) is 60.0 Å². The Hall–Kier alpha value is -2.37. The van der Waals surface area contributed by atoms with Crippen LogP contribution in [0.2, 0.25) is 0 Å². The third-order valence-corrected chi connectivity index (χ3v) is 3.19. The second kappa shape index (κ2) is 7.76. The molecule has 0 spiro atoms. The van der Waals surface area contributed by atoms with Gasteiger partial charge in [0.25, 0.3) is 0 Å². The van der Waals surface area contributed by atoms with E-state index in [9.17, 15) is 10.2 Å². The number of pyridine rings is 2. The van der Waals surface area contributed by atoms with Crippen LogP contribution in [0.5, 0.6) is 11.5 Å². The van der Waals surface area contributed by atoms with E-state index in [-0.39, 0.29) is 34.6 Å². The summed E-state index contributed by atoms with van der Waals surface area (Å²) < 4.78 is 0. The van der Waals surface area contributed by atoms with Crippen LogP contribution in [-0.2, 0) is 0 Å². The molecule has 0 saturated heterocycles. The fourth-order valence-electron chi connectivity index (χ4n) is 2.15. The summed E-state index contributed by atoms with van der Waals surface area (Å²) in [5.41, 5.74) is 1.10. The maximum absolute atomic E-state index is 11.1. The molecule has 4 aromatic rings. The fraction of sp³-hybridized carbons (Fsp3) is 0. The van der Waals surface area contributed by atoms with Crippen molar-refractivity contribution >= 4 is 44.9 Å². The van der Waals surface area contributed by atoms with Gasteiger partial charge in [0.05, 0.1) is 11.0 Å². The summed E-state index contributed by atoms with van der Waals surface area (Å²) >= 11 is 0. The van der Waals surface area contributed by atoms with Gasteiger partial charge in [0.2, 0.25) is 0 Å². The van der Waals surface area contributed by atoms with E-state index in [0.717, 1.165) is 10.8 Å². The first-order chi connectivity index (χ1) is 10.8. The zero-order valence-electron chi connectivity index (χ0n) is 12.3. The SMILES string of the molecule is [Mg+2].[O-]c1cccc2cccnc12.[O-]c1cccc2cccnc12. The molecule has 2 aromatic heterocycles. The standard InChI is InChI=1S/2C9H7NO.Mg/c2*11-8-5-1-3-7-4-2-6-10-9(7)8;/h2*1-6,11H;/q;;+2/p-2. The molecular weight excluding hydrogens is 301 g/mol. The van der Waals surface area contributed by atoms with E-state index in [1.54, 1.807) is 24.5 Å². The van der Waals surface area contributed by atoms with Crippen molar-refractivity contribution in [2.75, 3.05) is 0 Å². The summed E-state index contributed by atoms with van der Waals surface area (Å²) in [6.45, 7) is 0. The second-order valence-corrected chi connectivity index (χ2v) is 4.66. The van der Waals surface area contributed by atoms with Crippen molar-refractivity contribution in [3.8, 4) is 11.5 Å². The number of hydrogen-bond donors (Lipinski definition) is 0. The zero-order chi connectivity index (χ0) is 15.4. The van der Waals surface area contributed by atoms with Crippen molar-refractivity contribution in [2.24, 2.45) is 0 Å². The van der Waals surface area contributed by atoms with Crippen LogP contribution in [0.1, 0.15) is 0 Å². The number of hydrogen-bond acceptors (Lipinski definition) is 4. The van der Waals surface area contributed by atoms with Crippen LogP contribution >= 0.6 is 0 Å². The van der Waals surface area contributed by atoms with Gasteiger partial charge >= 0.3 is 23.1 Å². The summed E-state index contributed by atoms with van der Waals surface area (Å²) in [7, 11) is 0. The van der Waals surface area contributed by atoms with Crippen LogP contribution in [-0.4, -0.2) is 33.0 Å². The molecule has 0 radical (unpaired) electrons. The maximum Gasteiger partial charge on any atom is 2.00 e. The molecular formula is C18H12MgN2O2. The largest absolute Gasteiger partial charge is 2.00 e. The van der Waals surface area contributed by atoms with Gasteiger partial charge in [0.15, 0.2) is 0 Å². The molecule has 0 aliphatic heterocycles. The van der Waals surface area contributed by atoms with Crippen LogP contribution < -0.4 is 10.2 Å². The Bertz CT molecular complexity index is 841. The van der Waals surface area contributed by atoms with E-state index in [4.69, 9.17) is 0 Å². The normalized spacial score (nSPS) is 9.74. The van der Waals surface area contributed by atoms with Crippen molar-refractivity contribution in [1.82, 2.24) is 9.97 Å². The van der Waals surface area contributed by atoms with E-state index in [0.29, 0.717) is 11.0 Å². The molecule has 2 aromatic carbocycles. The molecule has 5 heteroatoms. The second-order valence-electron chi connectivity index (χ2n) is 4.66. The van der Waals surface area contributed by atoms with Gasteiger partial charge in [0, 0.05) is 12.4 Å². The van der Waals surface area contributed by atoms with Gasteiger partial charge < -0.3 is 10.2 Å². The van der Waals surface area contributed by atoms with Gasteiger partial charge in [-0.25, -0.2) is 0 Å². The van der Waals surface area contributed by atoms with E-state index < -0.39 is 0 Å². The van der Waals surface area contributed by atoms with E-state index in [1.165, 1.54) is 12.1 Å². The van der Waals surface area contributed by atoms with Gasteiger partial charge in [-0.05, 0) is 22.9 Å². The molecule has 0 atom stereocenters. The molecule has 0 unspecified atom stereocenters. The molecule has 4 nitrogen and oxygen atoms in total. The van der Waals surface area contributed by atoms with Crippen molar-refractivity contribution < 1.29 is 10.2 Å². The van der Waals surface area contributed by atoms with E-state index >= 15 is 0 Å². The van der Waals surface area contributed by atoms with Crippen molar-refractivity contribution in [2.45, 2.75) is 0 Å². The molecule has 0 N–H and O–H groups in total. The molecule has 108 valence electrons. The smallest absolute Gasteiger partial charge is 0.871 e. The summed E-state index contributed by atoms with van der Waals surface area (Å²) in [4.78, 5) is 7.94. The van der Waals surface area contributed by atoms with Crippen LogP contribution in [0.3, 0.4) is 0 Å². The van der Waals surface area contributed by atoms with Gasteiger partial charge in [-0.2, -0.15) is 0 Å². The fourth-order valence-corrected chi connectivity index (χ4v) is 2.15. The Morgan fingerprint density at radius 3 is 1.35 bits per heavy atom. The van der Waals surface area contributed by atoms with E-state index in [2.05, 4.69) is 9.97 Å². The summed E-state index contributed by atoms with van der Waals surface area (Å²) in [6.07, 6.45) is 3.26.